The van der Waals surface area contributed by atoms with Gasteiger partial charge in [-0.25, -0.2) is 18.1 Å². The van der Waals surface area contributed by atoms with Gasteiger partial charge in [0.15, 0.2) is 5.82 Å². The number of carbonyl (C=O) groups excluding carboxylic acids is 1. The Morgan fingerprint density at radius 3 is 2.37 bits per heavy atom. The summed E-state index contributed by atoms with van der Waals surface area (Å²) in [5, 5.41) is 12.2. The number of hydrogen-bond donors (Lipinski definition) is 3. The number of fused-ring (bicyclic) bond motifs is 1. The minimum atomic E-state index is -3.80. The summed E-state index contributed by atoms with van der Waals surface area (Å²) in [5.74, 6) is 0.633. The Labute approximate surface area is 242 Å². The molecule has 7 rings (SSSR count). The fourth-order valence-electron chi connectivity index (χ4n) is 7.01. The van der Waals surface area contributed by atoms with Crippen LogP contribution in [-0.2, 0) is 16.4 Å². The van der Waals surface area contributed by atoms with Gasteiger partial charge in [-0.3, -0.25) is 4.79 Å². The van der Waals surface area contributed by atoms with Gasteiger partial charge in [0, 0.05) is 46.3 Å². The molecule has 1 aromatic heterocycles. The Morgan fingerprint density at radius 2 is 1.68 bits per heavy atom. The average Bonchev–Trinajstić information content (AvgIpc) is 3.83. The van der Waals surface area contributed by atoms with Crippen LogP contribution in [0.3, 0.4) is 0 Å². The fraction of sp³-hybridized carbons (Fsp3) is 0.600. The lowest BCUT2D eigenvalue weighted by Gasteiger charge is -2.35. The minimum absolute atomic E-state index is 0.0535. The lowest BCUT2D eigenvalue weighted by atomic mass is 9.93. The number of aliphatic hydroxyl groups excluding tert-OH is 1. The van der Waals surface area contributed by atoms with Gasteiger partial charge >= 0.3 is 0 Å². The first-order valence-corrected chi connectivity index (χ1v) is 16.5. The number of piperidine rings is 1. The molecule has 5 aliphatic rings. The first kappa shape index (κ1) is 27.0. The van der Waals surface area contributed by atoms with E-state index in [1.165, 1.54) is 38.2 Å². The maximum Gasteiger partial charge on any atom is 0.274 e. The Balaban J connectivity index is 1.19. The second-order valence-electron chi connectivity index (χ2n) is 12.9. The number of amides is 1. The number of likely N-dealkylation sites (N-methyl/N-ethyl adjacent to an activating group) is 1. The number of sulfonamides is 1. The Bertz CT molecular complexity index is 1480. The summed E-state index contributed by atoms with van der Waals surface area (Å²) in [4.78, 5) is 25.7. The predicted molar refractivity (Wildman–Crippen MR) is 159 cm³/mol. The first-order valence-electron chi connectivity index (χ1n) is 15.0. The van der Waals surface area contributed by atoms with Crippen LogP contribution in [-0.4, -0.2) is 77.3 Å². The van der Waals surface area contributed by atoms with Gasteiger partial charge in [0.2, 0.25) is 10.0 Å². The molecule has 0 radical (unpaired) electrons. The molecule has 2 saturated carbocycles. The molecule has 220 valence electrons. The van der Waals surface area contributed by atoms with E-state index in [4.69, 9.17) is 10.1 Å². The number of nitrogens with one attached hydrogen (secondary N) is 2. The second-order valence-corrected chi connectivity index (χ2v) is 14.7. The van der Waals surface area contributed by atoms with Gasteiger partial charge in [-0.15, -0.1) is 0 Å². The van der Waals surface area contributed by atoms with Crippen molar-refractivity contribution in [2.24, 2.45) is 10.8 Å². The molecule has 11 heteroatoms. The van der Waals surface area contributed by atoms with Crippen LogP contribution >= 0.6 is 0 Å². The molecule has 0 bridgehead atoms. The van der Waals surface area contributed by atoms with Crippen molar-refractivity contribution in [1.82, 2.24) is 9.71 Å². The summed E-state index contributed by atoms with van der Waals surface area (Å²) in [6.07, 6.45) is 9.31. The van der Waals surface area contributed by atoms with Crippen LogP contribution in [0, 0.1) is 10.8 Å². The number of rotatable bonds is 8. The molecule has 4 fully saturated rings. The Hall–Kier alpha value is -2.89. The number of aromatic nitrogens is 1. The van der Waals surface area contributed by atoms with Crippen molar-refractivity contribution in [3.05, 3.63) is 35.5 Å². The normalized spacial score (nSPS) is 22.0. The standard InChI is InChI=1S/C30H40N6O4S/c1-34-13-4-21-18-24(32-27(26(21)34)36-16-11-30(20-36)7-8-30)28(38)33-23-3-2-22(41(39,40)31-12-17-37)19-25(23)35-14-9-29(5-6-29)10-15-35/h2-3,18-19,31,37H,4-17,20H2,1H3,(H,33,38). The number of hydrogen-bond acceptors (Lipinski definition) is 8. The smallest absolute Gasteiger partial charge is 0.274 e. The van der Waals surface area contributed by atoms with Gasteiger partial charge in [0.1, 0.15) is 5.69 Å². The summed E-state index contributed by atoms with van der Waals surface area (Å²) in [5.41, 5.74) is 4.89. The highest BCUT2D eigenvalue weighted by Gasteiger charge is 2.49. The topological polar surface area (TPSA) is 118 Å². The molecule has 2 saturated heterocycles. The molecular weight excluding hydrogens is 540 g/mol. The molecule has 0 atom stereocenters. The quantitative estimate of drug-likeness (QED) is 0.436. The largest absolute Gasteiger partial charge is 0.395 e. The number of aliphatic hydroxyl groups is 1. The lowest BCUT2D eigenvalue weighted by Crippen LogP contribution is -2.35. The van der Waals surface area contributed by atoms with Crippen LogP contribution in [0.2, 0.25) is 0 Å². The van der Waals surface area contributed by atoms with E-state index in [-0.39, 0.29) is 24.0 Å². The zero-order valence-electron chi connectivity index (χ0n) is 23.8. The van der Waals surface area contributed by atoms with Crippen LogP contribution < -0.4 is 24.7 Å². The number of anilines is 4. The third kappa shape index (κ3) is 5.06. The predicted octanol–water partition coefficient (Wildman–Crippen LogP) is 2.97. The van der Waals surface area contributed by atoms with Gasteiger partial charge in [0.25, 0.3) is 5.91 Å². The van der Waals surface area contributed by atoms with Crippen LogP contribution in [0.5, 0.6) is 0 Å². The second kappa shape index (κ2) is 9.84. The summed E-state index contributed by atoms with van der Waals surface area (Å²) >= 11 is 0. The van der Waals surface area contributed by atoms with Crippen molar-refractivity contribution in [2.45, 2.75) is 56.3 Å². The summed E-state index contributed by atoms with van der Waals surface area (Å²) < 4.78 is 28.2. The molecule has 0 unspecified atom stereocenters. The van der Waals surface area contributed by atoms with Crippen molar-refractivity contribution in [1.29, 1.82) is 0 Å². The Kier molecular flexibility index (Phi) is 6.48. The maximum atomic E-state index is 13.8. The molecule has 4 heterocycles. The van der Waals surface area contributed by atoms with E-state index in [1.807, 2.05) is 6.07 Å². The van der Waals surface area contributed by atoms with Crippen LogP contribution in [0.4, 0.5) is 22.9 Å². The SMILES string of the molecule is CN1CCc2cc(C(=O)Nc3ccc(S(=O)(=O)NCCO)cc3N3CCC4(CC3)CC4)nc(N3CCC4(CC4)C3)c21. The summed E-state index contributed by atoms with van der Waals surface area (Å²) in [6, 6.07) is 6.77. The first-order chi connectivity index (χ1) is 19.7. The van der Waals surface area contributed by atoms with E-state index in [1.54, 1.807) is 12.1 Å². The fourth-order valence-corrected chi connectivity index (χ4v) is 8.06. The summed E-state index contributed by atoms with van der Waals surface area (Å²) in [6.45, 7) is 4.20. The van der Waals surface area contributed by atoms with Crippen molar-refractivity contribution < 1.29 is 18.3 Å². The van der Waals surface area contributed by atoms with Crippen LogP contribution in [0.15, 0.2) is 29.2 Å². The molecule has 2 spiro atoms. The third-order valence-electron chi connectivity index (χ3n) is 10.1. The maximum absolute atomic E-state index is 13.8. The third-order valence-corrected chi connectivity index (χ3v) is 11.6. The molecular formula is C30H40N6O4S. The van der Waals surface area contributed by atoms with Gasteiger partial charge in [-0.2, -0.15) is 0 Å². The molecule has 3 N–H and O–H groups in total. The molecule has 41 heavy (non-hydrogen) atoms. The summed E-state index contributed by atoms with van der Waals surface area (Å²) in [7, 11) is -1.70. The average molecular weight is 581 g/mol. The highest BCUT2D eigenvalue weighted by atomic mass is 32.2. The van der Waals surface area contributed by atoms with Gasteiger partial charge in [-0.1, -0.05) is 0 Å². The number of carbonyl (C=O) groups is 1. The molecule has 2 aliphatic carbocycles. The van der Waals surface area contributed by atoms with E-state index in [2.05, 4.69) is 31.8 Å². The van der Waals surface area contributed by atoms with Crippen molar-refractivity contribution in [3.8, 4) is 0 Å². The van der Waals surface area contributed by atoms with Gasteiger partial charge in [0.05, 0.1) is 28.6 Å². The zero-order valence-corrected chi connectivity index (χ0v) is 24.6. The van der Waals surface area contributed by atoms with Crippen LogP contribution in [0.25, 0.3) is 0 Å². The Morgan fingerprint density at radius 1 is 0.976 bits per heavy atom. The molecule has 1 aromatic carbocycles. The van der Waals surface area contributed by atoms with Gasteiger partial charge in [-0.05, 0) is 92.0 Å². The molecule has 2 aromatic rings. The van der Waals surface area contributed by atoms with Gasteiger partial charge < -0.3 is 25.1 Å². The lowest BCUT2D eigenvalue weighted by molar-refractivity contribution is 0.102. The van der Waals surface area contributed by atoms with E-state index in [0.29, 0.717) is 27.9 Å². The molecule has 3 aliphatic heterocycles. The van der Waals surface area contributed by atoms with E-state index < -0.39 is 10.0 Å². The number of pyridine rings is 1. The van der Waals surface area contributed by atoms with Crippen LogP contribution in [0.1, 0.15) is 61.0 Å². The van der Waals surface area contributed by atoms with E-state index in [9.17, 15) is 13.2 Å². The van der Waals surface area contributed by atoms with Crippen molar-refractivity contribution in [2.75, 3.05) is 72.9 Å². The van der Waals surface area contributed by atoms with Crippen molar-refractivity contribution >= 4 is 38.8 Å². The molecule has 1 amide bonds. The van der Waals surface area contributed by atoms with E-state index in [0.717, 1.165) is 69.1 Å². The molecule has 10 nitrogen and oxygen atoms in total. The number of benzene rings is 1. The zero-order chi connectivity index (χ0) is 28.4. The number of nitrogens with zero attached hydrogens (tertiary/aromatic N) is 4. The minimum Gasteiger partial charge on any atom is -0.395 e. The van der Waals surface area contributed by atoms with E-state index >= 15 is 0 Å². The highest BCUT2D eigenvalue weighted by Crippen LogP contribution is 2.55. The monoisotopic (exact) mass is 580 g/mol. The van der Waals surface area contributed by atoms with Crippen molar-refractivity contribution in [3.63, 3.8) is 0 Å². The highest BCUT2D eigenvalue weighted by molar-refractivity contribution is 7.89.